The molecule has 9 heteroatoms. The first-order chi connectivity index (χ1) is 14.8. The smallest absolute Gasteiger partial charge is 0.324 e. The van der Waals surface area contributed by atoms with Crippen LogP contribution in [0.15, 0.2) is 57.4 Å². The number of amides is 1. The Morgan fingerprint density at radius 3 is 2.48 bits per heavy atom. The number of nitrogens with one attached hydrogen (secondary N) is 1. The fourth-order valence-electron chi connectivity index (χ4n) is 3.40. The third-order valence-corrected chi connectivity index (χ3v) is 6.35. The van der Waals surface area contributed by atoms with Crippen molar-refractivity contribution in [3.05, 3.63) is 89.9 Å². The molecule has 0 saturated heterocycles. The summed E-state index contributed by atoms with van der Waals surface area (Å²) in [6.45, 7) is 3.49. The average molecular weight is 474 g/mol. The first-order valence-corrected chi connectivity index (χ1v) is 11.0. The van der Waals surface area contributed by atoms with E-state index in [0.717, 1.165) is 15.7 Å². The lowest BCUT2D eigenvalue weighted by molar-refractivity contribution is -0.116. The number of fused-ring (bicyclic) bond motifs is 1. The Morgan fingerprint density at radius 2 is 1.77 bits per heavy atom. The van der Waals surface area contributed by atoms with Crippen LogP contribution in [0.1, 0.15) is 11.1 Å². The highest BCUT2D eigenvalue weighted by atomic mass is 35.5. The Balaban J connectivity index is 1.82. The van der Waals surface area contributed by atoms with Gasteiger partial charge in [0.15, 0.2) is 0 Å². The Hall–Kier alpha value is -2.87. The van der Waals surface area contributed by atoms with Gasteiger partial charge in [-0.25, -0.2) is 9.36 Å². The molecular formula is C22H17Cl2N3O3S. The van der Waals surface area contributed by atoms with Crippen molar-refractivity contribution in [3.8, 4) is 5.69 Å². The number of thiophene rings is 1. The van der Waals surface area contributed by atoms with Crippen LogP contribution < -0.4 is 16.6 Å². The van der Waals surface area contributed by atoms with Gasteiger partial charge in [-0.05, 0) is 60.7 Å². The van der Waals surface area contributed by atoms with Crippen molar-refractivity contribution in [1.29, 1.82) is 0 Å². The number of anilines is 1. The summed E-state index contributed by atoms with van der Waals surface area (Å²) in [7, 11) is 0. The van der Waals surface area contributed by atoms with Crippen LogP contribution in [0.4, 0.5) is 5.69 Å². The van der Waals surface area contributed by atoms with Crippen molar-refractivity contribution in [2.45, 2.75) is 20.4 Å². The van der Waals surface area contributed by atoms with E-state index in [4.69, 9.17) is 23.2 Å². The second-order valence-corrected chi connectivity index (χ2v) is 8.86. The topological polar surface area (TPSA) is 73.1 Å². The van der Waals surface area contributed by atoms with Crippen LogP contribution in [-0.2, 0) is 11.3 Å². The van der Waals surface area contributed by atoms with E-state index in [1.807, 2.05) is 19.9 Å². The van der Waals surface area contributed by atoms with Crippen LogP contribution >= 0.6 is 34.5 Å². The number of aryl methyl sites for hydroxylation is 1. The molecule has 1 N–H and O–H groups in total. The third-order valence-electron chi connectivity index (χ3n) is 5.02. The Bertz CT molecular complexity index is 1430. The lowest BCUT2D eigenvalue weighted by Gasteiger charge is -2.15. The molecule has 0 bridgehead atoms. The summed E-state index contributed by atoms with van der Waals surface area (Å²) in [5.74, 6) is -0.445. The molecule has 4 aromatic rings. The van der Waals surface area contributed by atoms with Crippen molar-refractivity contribution in [2.24, 2.45) is 0 Å². The Labute approximate surface area is 191 Å². The molecule has 0 aliphatic rings. The summed E-state index contributed by atoms with van der Waals surface area (Å²) in [5.41, 5.74) is 2.13. The van der Waals surface area contributed by atoms with Gasteiger partial charge in [-0.15, -0.1) is 11.3 Å². The van der Waals surface area contributed by atoms with Gasteiger partial charge in [-0.1, -0.05) is 35.3 Å². The summed E-state index contributed by atoms with van der Waals surface area (Å²) in [6.07, 6.45) is 0. The second kappa shape index (κ2) is 8.34. The predicted octanol–water partition coefficient (Wildman–Crippen LogP) is 4.78. The quantitative estimate of drug-likeness (QED) is 0.463. The average Bonchev–Trinajstić information content (AvgIpc) is 3.18. The lowest BCUT2D eigenvalue weighted by atomic mass is 10.1. The summed E-state index contributed by atoms with van der Waals surface area (Å²) in [4.78, 5) is 39.2. The van der Waals surface area contributed by atoms with E-state index < -0.39 is 17.2 Å². The van der Waals surface area contributed by atoms with E-state index in [0.29, 0.717) is 31.6 Å². The van der Waals surface area contributed by atoms with Gasteiger partial charge < -0.3 is 5.32 Å². The molecule has 0 atom stereocenters. The normalized spacial score (nSPS) is 11.1. The van der Waals surface area contributed by atoms with Crippen molar-refractivity contribution in [1.82, 2.24) is 9.13 Å². The molecule has 2 aromatic carbocycles. The molecule has 2 aromatic heterocycles. The maximum Gasteiger partial charge on any atom is 0.336 e. The van der Waals surface area contributed by atoms with Crippen LogP contribution in [0.25, 0.3) is 15.9 Å². The number of hydrogen-bond donors (Lipinski definition) is 1. The fraction of sp³-hybridized carbons (Fsp3) is 0.136. The van der Waals surface area contributed by atoms with Crippen LogP contribution in [-0.4, -0.2) is 15.0 Å². The van der Waals surface area contributed by atoms with E-state index in [1.165, 1.54) is 15.9 Å². The van der Waals surface area contributed by atoms with Gasteiger partial charge in [0.25, 0.3) is 5.56 Å². The molecule has 0 radical (unpaired) electrons. The standard InChI is InChI=1S/C22H17Cl2N3O3S/c1-12-4-3-5-17(13(12)2)27-21(29)20-18(6-7-31-20)26(22(27)30)11-19(28)25-16-9-14(23)8-15(24)10-16/h3-10H,11H2,1-2H3,(H,25,28). The zero-order valence-electron chi connectivity index (χ0n) is 16.6. The molecule has 31 heavy (non-hydrogen) atoms. The first kappa shape index (κ1) is 21.4. The van der Waals surface area contributed by atoms with Gasteiger partial charge in [-0.3, -0.25) is 14.2 Å². The molecule has 0 spiro atoms. The number of carbonyl (C=O) groups is 1. The Kier molecular flexibility index (Phi) is 5.75. The SMILES string of the molecule is Cc1cccc(-n2c(=O)c3sccc3n(CC(=O)Nc3cc(Cl)cc(Cl)c3)c2=O)c1C. The molecule has 4 rings (SSSR count). The zero-order valence-corrected chi connectivity index (χ0v) is 18.9. The van der Waals surface area contributed by atoms with Crippen LogP contribution in [0.2, 0.25) is 10.0 Å². The summed E-state index contributed by atoms with van der Waals surface area (Å²) in [6, 6.07) is 11.8. The highest BCUT2D eigenvalue weighted by Gasteiger charge is 2.19. The lowest BCUT2D eigenvalue weighted by Crippen LogP contribution is -2.40. The van der Waals surface area contributed by atoms with Crippen LogP contribution in [0.5, 0.6) is 0 Å². The number of rotatable bonds is 4. The monoisotopic (exact) mass is 473 g/mol. The highest BCUT2D eigenvalue weighted by molar-refractivity contribution is 7.17. The minimum atomic E-state index is -0.580. The Morgan fingerprint density at radius 1 is 1.06 bits per heavy atom. The molecule has 1 amide bonds. The van der Waals surface area contributed by atoms with Crippen LogP contribution in [0.3, 0.4) is 0 Å². The number of carbonyl (C=O) groups excluding carboxylic acids is 1. The van der Waals surface area contributed by atoms with Gasteiger partial charge in [-0.2, -0.15) is 0 Å². The molecule has 0 unspecified atom stereocenters. The molecule has 158 valence electrons. The van der Waals surface area contributed by atoms with Gasteiger partial charge in [0, 0.05) is 15.7 Å². The minimum Gasteiger partial charge on any atom is -0.324 e. The predicted molar refractivity (Wildman–Crippen MR) is 126 cm³/mol. The van der Waals surface area contributed by atoms with Crippen molar-refractivity contribution < 1.29 is 4.79 Å². The van der Waals surface area contributed by atoms with Gasteiger partial charge in [0.2, 0.25) is 5.91 Å². The molecule has 0 saturated carbocycles. The van der Waals surface area contributed by atoms with Gasteiger partial charge >= 0.3 is 5.69 Å². The molecule has 0 aliphatic heterocycles. The number of nitrogens with zero attached hydrogens (tertiary/aromatic N) is 2. The maximum atomic E-state index is 13.4. The summed E-state index contributed by atoms with van der Waals surface area (Å²) < 4.78 is 2.83. The van der Waals surface area contributed by atoms with E-state index in [1.54, 1.807) is 41.8 Å². The zero-order chi connectivity index (χ0) is 22.3. The van der Waals surface area contributed by atoms with E-state index in [2.05, 4.69) is 5.32 Å². The molecule has 2 heterocycles. The van der Waals surface area contributed by atoms with Crippen molar-refractivity contribution >= 4 is 56.3 Å². The second-order valence-electron chi connectivity index (χ2n) is 7.07. The number of benzene rings is 2. The van der Waals surface area contributed by atoms with E-state index >= 15 is 0 Å². The fourth-order valence-corrected chi connectivity index (χ4v) is 4.75. The maximum absolute atomic E-state index is 13.4. The molecule has 0 aliphatic carbocycles. The van der Waals surface area contributed by atoms with Gasteiger partial charge in [0.05, 0.1) is 11.2 Å². The number of aromatic nitrogens is 2. The van der Waals surface area contributed by atoms with Crippen LogP contribution in [0, 0.1) is 13.8 Å². The number of hydrogen-bond acceptors (Lipinski definition) is 4. The largest absolute Gasteiger partial charge is 0.336 e. The summed E-state index contributed by atoms with van der Waals surface area (Å²) in [5, 5.41) is 5.18. The minimum absolute atomic E-state index is 0.276. The van der Waals surface area contributed by atoms with E-state index in [9.17, 15) is 14.4 Å². The molecular weight excluding hydrogens is 457 g/mol. The molecule has 0 fully saturated rings. The van der Waals surface area contributed by atoms with E-state index in [-0.39, 0.29) is 6.54 Å². The summed E-state index contributed by atoms with van der Waals surface area (Å²) >= 11 is 13.2. The van der Waals surface area contributed by atoms with Crippen molar-refractivity contribution in [3.63, 3.8) is 0 Å². The van der Waals surface area contributed by atoms with Crippen molar-refractivity contribution in [2.75, 3.05) is 5.32 Å². The highest BCUT2D eigenvalue weighted by Crippen LogP contribution is 2.23. The first-order valence-electron chi connectivity index (χ1n) is 9.32. The van der Waals surface area contributed by atoms with Gasteiger partial charge in [0.1, 0.15) is 11.2 Å². The number of halogens is 2. The molecule has 6 nitrogen and oxygen atoms in total. The third kappa shape index (κ3) is 4.04.